The largest absolute Gasteiger partial charge is 0.349 e. The Morgan fingerprint density at radius 1 is 1.42 bits per heavy atom. The van der Waals surface area contributed by atoms with Crippen molar-refractivity contribution in [3.05, 3.63) is 35.5 Å². The molecular formula is C16H16N2O. The zero-order valence-electron chi connectivity index (χ0n) is 11.0. The molecule has 3 nitrogen and oxygen atoms in total. The SMILES string of the molecule is Cn1cc(C#N)c2cc([C@@H]3CCC[C@H]3C=O)ccc21. The fourth-order valence-corrected chi connectivity index (χ4v) is 3.29. The number of fused-ring (bicyclic) bond motifs is 1. The van der Waals surface area contributed by atoms with Gasteiger partial charge in [0.1, 0.15) is 12.4 Å². The van der Waals surface area contributed by atoms with E-state index in [2.05, 4.69) is 24.3 Å². The Labute approximate surface area is 112 Å². The van der Waals surface area contributed by atoms with Gasteiger partial charge in [0.25, 0.3) is 0 Å². The summed E-state index contributed by atoms with van der Waals surface area (Å²) in [5.74, 6) is 0.473. The molecule has 2 atom stereocenters. The molecule has 0 radical (unpaired) electrons. The van der Waals surface area contributed by atoms with Gasteiger partial charge in [-0.3, -0.25) is 0 Å². The van der Waals surface area contributed by atoms with Gasteiger partial charge in [0.2, 0.25) is 0 Å². The fraction of sp³-hybridized carbons (Fsp3) is 0.375. The van der Waals surface area contributed by atoms with Gasteiger partial charge < -0.3 is 9.36 Å². The highest BCUT2D eigenvalue weighted by molar-refractivity contribution is 5.87. The summed E-state index contributed by atoms with van der Waals surface area (Å²) in [6.07, 6.45) is 6.14. The van der Waals surface area contributed by atoms with E-state index in [1.807, 2.05) is 17.8 Å². The lowest BCUT2D eigenvalue weighted by Crippen LogP contribution is -2.07. The fourth-order valence-electron chi connectivity index (χ4n) is 3.29. The van der Waals surface area contributed by atoms with Gasteiger partial charge in [-0.25, -0.2) is 0 Å². The minimum absolute atomic E-state index is 0.145. The van der Waals surface area contributed by atoms with Crippen LogP contribution in [0.3, 0.4) is 0 Å². The number of aromatic nitrogens is 1. The van der Waals surface area contributed by atoms with Gasteiger partial charge in [-0.15, -0.1) is 0 Å². The molecule has 3 heteroatoms. The Morgan fingerprint density at radius 2 is 2.26 bits per heavy atom. The number of hydrogen-bond donors (Lipinski definition) is 0. The van der Waals surface area contributed by atoms with Crippen LogP contribution in [0.4, 0.5) is 0 Å². The van der Waals surface area contributed by atoms with Gasteiger partial charge in [-0.2, -0.15) is 5.26 Å². The van der Waals surface area contributed by atoms with E-state index in [-0.39, 0.29) is 5.92 Å². The molecule has 2 aromatic rings. The third-order valence-electron chi connectivity index (χ3n) is 4.31. The number of nitrogens with zero attached hydrogens (tertiary/aromatic N) is 2. The molecule has 0 amide bonds. The van der Waals surface area contributed by atoms with Crippen LogP contribution in [0.2, 0.25) is 0 Å². The molecule has 0 saturated heterocycles. The van der Waals surface area contributed by atoms with Crippen LogP contribution in [0.1, 0.15) is 36.3 Å². The first-order valence-electron chi connectivity index (χ1n) is 6.69. The number of hydrogen-bond acceptors (Lipinski definition) is 2. The average molecular weight is 252 g/mol. The van der Waals surface area contributed by atoms with E-state index in [1.54, 1.807) is 0 Å². The molecule has 3 rings (SSSR count). The van der Waals surface area contributed by atoms with Gasteiger partial charge in [-0.1, -0.05) is 12.5 Å². The molecule has 1 fully saturated rings. The quantitative estimate of drug-likeness (QED) is 0.771. The van der Waals surface area contributed by atoms with Gasteiger partial charge in [0.15, 0.2) is 0 Å². The number of rotatable bonds is 2. The minimum atomic E-state index is 0.145. The number of benzene rings is 1. The van der Waals surface area contributed by atoms with Crippen molar-refractivity contribution in [2.75, 3.05) is 0 Å². The maximum atomic E-state index is 11.1. The Hall–Kier alpha value is -2.08. The molecule has 1 aromatic carbocycles. The number of carbonyl (C=O) groups is 1. The lowest BCUT2D eigenvalue weighted by molar-refractivity contribution is -0.111. The van der Waals surface area contributed by atoms with E-state index in [0.717, 1.165) is 36.5 Å². The first kappa shape index (κ1) is 12.0. The molecule has 1 heterocycles. The molecule has 1 aliphatic rings. The second-order valence-electron chi connectivity index (χ2n) is 5.38. The van der Waals surface area contributed by atoms with Crippen LogP contribution in [-0.4, -0.2) is 10.9 Å². The zero-order valence-corrected chi connectivity index (χ0v) is 11.0. The summed E-state index contributed by atoms with van der Waals surface area (Å²) in [5.41, 5.74) is 2.98. The van der Waals surface area contributed by atoms with Crippen molar-refractivity contribution in [2.24, 2.45) is 13.0 Å². The van der Waals surface area contributed by atoms with Crippen LogP contribution in [0, 0.1) is 17.2 Å². The maximum Gasteiger partial charge on any atom is 0.123 e. The van der Waals surface area contributed by atoms with Crippen molar-refractivity contribution >= 4 is 17.2 Å². The first-order chi connectivity index (χ1) is 9.24. The number of nitriles is 1. The zero-order chi connectivity index (χ0) is 13.4. The van der Waals surface area contributed by atoms with E-state index >= 15 is 0 Å². The maximum absolute atomic E-state index is 11.1. The minimum Gasteiger partial charge on any atom is -0.349 e. The predicted molar refractivity (Wildman–Crippen MR) is 73.8 cm³/mol. The molecule has 1 saturated carbocycles. The smallest absolute Gasteiger partial charge is 0.123 e. The molecule has 1 aromatic heterocycles. The molecule has 96 valence electrons. The Kier molecular flexibility index (Phi) is 2.87. The highest BCUT2D eigenvalue weighted by atomic mass is 16.1. The molecule has 0 N–H and O–H groups in total. The highest BCUT2D eigenvalue weighted by Gasteiger charge is 2.28. The van der Waals surface area contributed by atoms with E-state index in [4.69, 9.17) is 0 Å². The molecule has 0 unspecified atom stereocenters. The number of carbonyl (C=O) groups excluding carboxylic acids is 1. The molecule has 0 spiro atoms. The summed E-state index contributed by atoms with van der Waals surface area (Å²) in [7, 11) is 1.95. The number of aldehydes is 1. The predicted octanol–water partition coefficient (Wildman–Crippen LogP) is 3.13. The van der Waals surface area contributed by atoms with Crippen LogP contribution in [-0.2, 0) is 11.8 Å². The van der Waals surface area contributed by atoms with E-state index in [1.165, 1.54) is 5.56 Å². The van der Waals surface area contributed by atoms with Crippen molar-refractivity contribution in [1.29, 1.82) is 5.26 Å². The van der Waals surface area contributed by atoms with Gasteiger partial charge in [0.05, 0.1) is 5.56 Å². The first-order valence-corrected chi connectivity index (χ1v) is 6.69. The molecule has 0 bridgehead atoms. The summed E-state index contributed by atoms with van der Waals surface area (Å²) < 4.78 is 1.98. The molecule has 19 heavy (non-hydrogen) atoms. The van der Waals surface area contributed by atoms with Crippen molar-refractivity contribution in [1.82, 2.24) is 4.57 Å². The van der Waals surface area contributed by atoms with Crippen LogP contribution >= 0.6 is 0 Å². The van der Waals surface area contributed by atoms with Crippen molar-refractivity contribution in [2.45, 2.75) is 25.2 Å². The normalized spacial score (nSPS) is 22.5. The summed E-state index contributed by atoms with van der Waals surface area (Å²) in [6.45, 7) is 0. The van der Waals surface area contributed by atoms with Gasteiger partial charge in [0, 0.05) is 30.1 Å². The van der Waals surface area contributed by atoms with E-state index < -0.39 is 0 Å². The summed E-state index contributed by atoms with van der Waals surface area (Å²) in [5, 5.41) is 10.2. The summed E-state index contributed by atoms with van der Waals surface area (Å²) in [6, 6.07) is 8.51. The van der Waals surface area contributed by atoms with Gasteiger partial charge in [-0.05, 0) is 36.5 Å². The van der Waals surface area contributed by atoms with E-state index in [9.17, 15) is 10.1 Å². The van der Waals surface area contributed by atoms with Crippen molar-refractivity contribution in [3.8, 4) is 6.07 Å². The molecule has 1 aliphatic carbocycles. The summed E-state index contributed by atoms with van der Waals surface area (Å²) in [4.78, 5) is 11.1. The average Bonchev–Trinajstić information content (AvgIpc) is 3.03. The topological polar surface area (TPSA) is 45.8 Å². The second-order valence-corrected chi connectivity index (χ2v) is 5.38. The Bertz CT molecular complexity index is 678. The number of aryl methyl sites for hydroxylation is 1. The van der Waals surface area contributed by atoms with Gasteiger partial charge >= 0.3 is 0 Å². The summed E-state index contributed by atoms with van der Waals surface area (Å²) >= 11 is 0. The molecule has 0 aliphatic heterocycles. The third-order valence-corrected chi connectivity index (χ3v) is 4.31. The third kappa shape index (κ3) is 1.84. The van der Waals surface area contributed by atoms with Crippen LogP contribution < -0.4 is 0 Å². The Balaban J connectivity index is 2.11. The van der Waals surface area contributed by atoms with Crippen LogP contribution in [0.25, 0.3) is 10.9 Å². The van der Waals surface area contributed by atoms with Crippen LogP contribution in [0.5, 0.6) is 0 Å². The van der Waals surface area contributed by atoms with Crippen LogP contribution in [0.15, 0.2) is 24.4 Å². The lowest BCUT2D eigenvalue weighted by atomic mass is 9.89. The monoisotopic (exact) mass is 252 g/mol. The van der Waals surface area contributed by atoms with Crippen molar-refractivity contribution in [3.63, 3.8) is 0 Å². The van der Waals surface area contributed by atoms with E-state index in [0.29, 0.717) is 11.5 Å². The Morgan fingerprint density at radius 3 is 3.00 bits per heavy atom. The lowest BCUT2D eigenvalue weighted by Gasteiger charge is -2.15. The second kappa shape index (κ2) is 4.55. The standard InChI is InChI=1S/C16H16N2O/c1-18-9-13(8-17)15-7-11(5-6-16(15)18)14-4-2-3-12(14)10-19/h5-7,9-10,12,14H,2-4H2,1H3/t12-,14-/m0/s1. The molecular weight excluding hydrogens is 236 g/mol. The highest BCUT2D eigenvalue weighted by Crippen LogP contribution is 2.39. The van der Waals surface area contributed by atoms with Crippen molar-refractivity contribution < 1.29 is 4.79 Å².